The number of amides is 3. The predicted molar refractivity (Wildman–Crippen MR) is 64.5 cm³/mol. The van der Waals surface area contributed by atoms with Crippen LogP contribution in [0.4, 0.5) is 0 Å². The molecule has 0 aromatic rings. The number of nitrogens with one attached hydrogen (secondary N) is 1. The minimum atomic E-state index is -0.470. The number of imide groups is 1. The van der Waals surface area contributed by atoms with Crippen LogP contribution in [0.15, 0.2) is 0 Å². The molecule has 1 fully saturated rings. The molecule has 1 aliphatic rings. The third kappa shape index (κ3) is 4.44. The molecule has 102 valence electrons. The van der Waals surface area contributed by atoms with E-state index in [2.05, 4.69) is 5.32 Å². The molecular weight excluding hydrogens is 236 g/mol. The predicted octanol–water partition coefficient (Wildman–Crippen LogP) is -0.199. The molecule has 6 nitrogen and oxygen atoms in total. The Bertz CT molecular complexity index is 325. The first-order chi connectivity index (χ1) is 8.40. The largest absolute Gasteiger partial charge is 0.393 e. The van der Waals surface area contributed by atoms with E-state index in [1.807, 2.05) is 0 Å². The van der Waals surface area contributed by atoms with Gasteiger partial charge in [-0.15, -0.1) is 0 Å². The van der Waals surface area contributed by atoms with Crippen molar-refractivity contribution in [3.63, 3.8) is 0 Å². The Morgan fingerprint density at radius 2 is 1.89 bits per heavy atom. The summed E-state index contributed by atoms with van der Waals surface area (Å²) >= 11 is 0. The van der Waals surface area contributed by atoms with Crippen molar-refractivity contribution in [2.24, 2.45) is 0 Å². The Balaban J connectivity index is 2.28. The highest BCUT2D eigenvalue weighted by atomic mass is 16.3. The van der Waals surface area contributed by atoms with Gasteiger partial charge in [-0.25, -0.2) is 0 Å². The lowest BCUT2D eigenvalue weighted by Gasteiger charge is -2.17. The molecule has 0 radical (unpaired) electrons. The monoisotopic (exact) mass is 256 g/mol. The van der Waals surface area contributed by atoms with E-state index in [0.29, 0.717) is 6.42 Å². The summed E-state index contributed by atoms with van der Waals surface area (Å²) in [5.74, 6) is -0.620. The first-order valence-electron chi connectivity index (χ1n) is 6.20. The molecule has 2 atom stereocenters. The fraction of sp³-hybridized carbons (Fsp3) is 0.750. The van der Waals surface area contributed by atoms with Gasteiger partial charge in [-0.3, -0.25) is 19.3 Å². The van der Waals surface area contributed by atoms with Gasteiger partial charge in [0.05, 0.1) is 6.10 Å². The van der Waals surface area contributed by atoms with Crippen LogP contribution in [-0.4, -0.2) is 46.4 Å². The summed E-state index contributed by atoms with van der Waals surface area (Å²) in [4.78, 5) is 35.3. The van der Waals surface area contributed by atoms with E-state index in [1.165, 1.54) is 0 Å². The van der Waals surface area contributed by atoms with Gasteiger partial charge in [0.25, 0.3) is 0 Å². The molecule has 1 heterocycles. The number of aliphatic hydroxyl groups excluding tert-OH is 1. The molecule has 2 N–H and O–H groups in total. The van der Waals surface area contributed by atoms with Gasteiger partial charge >= 0.3 is 0 Å². The molecule has 1 saturated heterocycles. The van der Waals surface area contributed by atoms with Crippen LogP contribution in [0, 0.1) is 0 Å². The number of carbonyl (C=O) groups is 3. The molecule has 1 aliphatic heterocycles. The molecule has 18 heavy (non-hydrogen) atoms. The average Bonchev–Trinajstić information content (AvgIpc) is 2.54. The van der Waals surface area contributed by atoms with Gasteiger partial charge in [0, 0.05) is 31.8 Å². The Morgan fingerprint density at radius 1 is 1.33 bits per heavy atom. The van der Waals surface area contributed by atoms with Crippen molar-refractivity contribution in [3.05, 3.63) is 0 Å². The maximum atomic E-state index is 11.6. The van der Waals surface area contributed by atoms with Crippen LogP contribution in [0.2, 0.25) is 0 Å². The smallest absolute Gasteiger partial charge is 0.229 e. The van der Waals surface area contributed by atoms with E-state index in [0.717, 1.165) is 4.90 Å². The fourth-order valence-electron chi connectivity index (χ4n) is 2.00. The third-order valence-electron chi connectivity index (χ3n) is 2.82. The van der Waals surface area contributed by atoms with E-state index in [9.17, 15) is 14.4 Å². The average molecular weight is 256 g/mol. The molecule has 0 aromatic heterocycles. The van der Waals surface area contributed by atoms with E-state index in [-0.39, 0.29) is 49.6 Å². The summed E-state index contributed by atoms with van der Waals surface area (Å²) in [6.07, 6.45) is 0.620. The van der Waals surface area contributed by atoms with Gasteiger partial charge in [-0.1, -0.05) is 0 Å². The second kappa shape index (κ2) is 6.49. The van der Waals surface area contributed by atoms with Crippen LogP contribution in [0.25, 0.3) is 0 Å². The minimum absolute atomic E-state index is 0.113. The van der Waals surface area contributed by atoms with Gasteiger partial charge in [-0.2, -0.15) is 0 Å². The Morgan fingerprint density at radius 3 is 2.39 bits per heavy atom. The number of rotatable bonds is 6. The molecule has 1 rings (SSSR count). The molecule has 2 unspecified atom stereocenters. The Labute approximate surface area is 106 Å². The Kier molecular flexibility index (Phi) is 5.27. The van der Waals surface area contributed by atoms with Gasteiger partial charge < -0.3 is 10.4 Å². The van der Waals surface area contributed by atoms with Crippen molar-refractivity contribution < 1.29 is 19.5 Å². The molecule has 0 saturated carbocycles. The molecular formula is C12H20N2O4. The zero-order valence-corrected chi connectivity index (χ0v) is 10.8. The lowest BCUT2D eigenvalue weighted by molar-refractivity contribution is -0.138. The number of aliphatic hydroxyl groups is 1. The highest BCUT2D eigenvalue weighted by molar-refractivity contribution is 6.02. The zero-order chi connectivity index (χ0) is 13.7. The van der Waals surface area contributed by atoms with Crippen LogP contribution in [0.1, 0.15) is 39.5 Å². The maximum absolute atomic E-state index is 11.6. The van der Waals surface area contributed by atoms with Crippen LogP contribution >= 0.6 is 0 Å². The van der Waals surface area contributed by atoms with E-state index in [4.69, 9.17) is 5.11 Å². The second-order valence-corrected chi connectivity index (χ2v) is 4.74. The van der Waals surface area contributed by atoms with Crippen LogP contribution in [0.3, 0.4) is 0 Å². The van der Waals surface area contributed by atoms with Crippen LogP contribution < -0.4 is 5.32 Å². The summed E-state index contributed by atoms with van der Waals surface area (Å²) < 4.78 is 0. The topological polar surface area (TPSA) is 86.7 Å². The third-order valence-corrected chi connectivity index (χ3v) is 2.82. The van der Waals surface area contributed by atoms with Crippen molar-refractivity contribution in [3.8, 4) is 0 Å². The molecule has 0 spiro atoms. The van der Waals surface area contributed by atoms with Gasteiger partial charge in [0.15, 0.2) is 0 Å². The van der Waals surface area contributed by atoms with Crippen molar-refractivity contribution in [1.29, 1.82) is 0 Å². The van der Waals surface area contributed by atoms with Gasteiger partial charge in [-0.05, 0) is 20.3 Å². The minimum Gasteiger partial charge on any atom is -0.393 e. The summed E-state index contributed by atoms with van der Waals surface area (Å²) in [5.41, 5.74) is 0. The quantitative estimate of drug-likeness (QED) is 0.644. The van der Waals surface area contributed by atoms with Crippen molar-refractivity contribution in [1.82, 2.24) is 10.2 Å². The Hall–Kier alpha value is -1.43. The summed E-state index contributed by atoms with van der Waals surface area (Å²) in [6, 6.07) is -0.123. The summed E-state index contributed by atoms with van der Waals surface area (Å²) in [6.45, 7) is 3.60. The number of hydrogen-bond acceptors (Lipinski definition) is 4. The van der Waals surface area contributed by atoms with Crippen molar-refractivity contribution >= 4 is 17.7 Å². The van der Waals surface area contributed by atoms with Crippen molar-refractivity contribution in [2.45, 2.75) is 51.7 Å². The van der Waals surface area contributed by atoms with Gasteiger partial charge in [0.1, 0.15) is 0 Å². The molecule has 6 heteroatoms. The summed E-state index contributed by atoms with van der Waals surface area (Å²) in [5, 5.41) is 11.9. The van der Waals surface area contributed by atoms with E-state index >= 15 is 0 Å². The highest BCUT2D eigenvalue weighted by Gasteiger charge is 2.28. The van der Waals surface area contributed by atoms with Crippen LogP contribution in [-0.2, 0) is 14.4 Å². The van der Waals surface area contributed by atoms with Crippen molar-refractivity contribution in [2.75, 3.05) is 6.54 Å². The normalized spacial score (nSPS) is 18.9. The number of likely N-dealkylation sites (tertiary alicyclic amines) is 1. The number of hydrogen-bond donors (Lipinski definition) is 2. The van der Waals surface area contributed by atoms with Crippen LogP contribution in [0.5, 0.6) is 0 Å². The lowest BCUT2D eigenvalue weighted by Crippen LogP contribution is -2.38. The molecule has 0 aliphatic carbocycles. The van der Waals surface area contributed by atoms with E-state index in [1.54, 1.807) is 13.8 Å². The SMILES string of the molecule is CC(O)CC(C)NC(=O)CCN1C(=O)CCC1=O. The highest BCUT2D eigenvalue weighted by Crippen LogP contribution is 2.11. The zero-order valence-electron chi connectivity index (χ0n) is 10.8. The van der Waals surface area contributed by atoms with Gasteiger partial charge in [0.2, 0.25) is 17.7 Å². The molecule has 0 aromatic carbocycles. The number of nitrogens with zero attached hydrogens (tertiary/aromatic N) is 1. The standard InChI is InChI=1S/C12H20N2O4/c1-8(7-9(2)15)13-10(16)5-6-14-11(17)3-4-12(14)18/h8-9,15H,3-7H2,1-2H3,(H,13,16). The number of carbonyl (C=O) groups excluding carboxylic acids is 3. The molecule has 0 bridgehead atoms. The fourth-order valence-corrected chi connectivity index (χ4v) is 2.00. The lowest BCUT2D eigenvalue weighted by atomic mass is 10.1. The van der Waals surface area contributed by atoms with E-state index < -0.39 is 6.10 Å². The summed E-state index contributed by atoms with van der Waals surface area (Å²) in [7, 11) is 0. The first kappa shape index (κ1) is 14.6. The second-order valence-electron chi connectivity index (χ2n) is 4.74. The first-order valence-corrected chi connectivity index (χ1v) is 6.20. The molecule has 3 amide bonds. The maximum Gasteiger partial charge on any atom is 0.229 e.